The van der Waals surface area contributed by atoms with E-state index in [1.165, 1.54) is 64.2 Å². The summed E-state index contributed by atoms with van der Waals surface area (Å²) in [6, 6.07) is 12.7. The Hall–Kier alpha value is -3.54. The van der Waals surface area contributed by atoms with Crippen molar-refractivity contribution < 1.29 is 43.1 Å². The van der Waals surface area contributed by atoms with Gasteiger partial charge in [-0.2, -0.15) is 0 Å². The summed E-state index contributed by atoms with van der Waals surface area (Å²) in [5, 5.41) is 12.3. The Labute approximate surface area is 309 Å². The fourth-order valence-corrected chi connectivity index (χ4v) is 7.17. The minimum Gasteiger partial charge on any atom is -0.479 e. The molecule has 0 unspecified atom stereocenters. The topological polar surface area (TPSA) is 154 Å². The molecule has 0 radical (unpaired) electrons. The number of Topliss-reactive ketones (excluding diaryl/α,β-unsaturated/α-hetero) is 1. The van der Waals surface area contributed by atoms with Crippen molar-refractivity contribution in [3.8, 4) is 23.0 Å². The van der Waals surface area contributed by atoms with Crippen molar-refractivity contribution in [2.24, 2.45) is 0 Å². The van der Waals surface area contributed by atoms with Crippen LogP contribution in [0.1, 0.15) is 122 Å². The van der Waals surface area contributed by atoms with Gasteiger partial charge in [-0.1, -0.05) is 84.1 Å². The molecule has 11 nitrogen and oxygen atoms in total. The molecule has 0 bridgehead atoms. The van der Waals surface area contributed by atoms with Gasteiger partial charge in [0.1, 0.15) is 6.10 Å². The van der Waals surface area contributed by atoms with Crippen LogP contribution in [-0.4, -0.2) is 66.9 Å². The molecule has 0 aromatic heterocycles. The molecule has 2 aromatic carbocycles. The zero-order chi connectivity index (χ0) is 36.7. The summed E-state index contributed by atoms with van der Waals surface area (Å²) < 4.78 is 31.0. The van der Waals surface area contributed by atoms with Gasteiger partial charge in [-0.05, 0) is 68.4 Å². The number of nitrogens with one attached hydrogen (secondary N) is 1. The number of anilines is 1. The summed E-state index contributed by atoms with van der Waals surface area (Å²) in [6.07, 6.45) is 20.8. The van der Waals surface area contributed by atoms with Crippen LogP contribution >= 0.6 is 0 Å². The SMILES string of the molecule is C1CCC(NC2CCCCC2)CC1.CCCC[C@H]1O[C@@H]1C(=O)Cc1ccc2c(c1)OCO2.CCCC[C@H]1O[C@@H]1C(=O)O.Nc1ccc2c(c1)OCO2. The zero-order valence-corrected chi connectivity index (χ0v) is 31.2. The van der Waals surface area contributed by atoms with Crippen LogP contribution in [0.15, 0.2) is 36.4 Å². The molecule has 2 aromatic rings. The number of benzene rings is 2. The van der Waals surface area contributed by atoms with Crippen molar-refractivity contribution in [2.45, 2.75) is 160 Å². The molecule has 8 rings (SSSR count). The molecule has 4 heterocycles. The highest BCUT2D eigenvalue weighted by molar-refractivity contribution is 5.88. The fraction of sp³-hybridized carbons (Fsp3) is 0.659. The Morgan fingerprint density at radius 2 is 1.19 bits per heavy atom. The molecule has 2 saturated heterocycles. The number of epoxide rings is 2. The second-order valence-corrected chi connectivity index (χ2v) is 14.6. The largest absolute Gasteiger partial charge is 0.479 e. The first-order valence-corrected chi connectivity index (χ1v) is 19.7. The number of ketones is 1. The average Bonchev–Trinajstić information content (AvgIpc) is 4.02. The highest BCUT2D eigenvalue weighted by atomic mass is 16.7. The Morgan fingerprint density at radius 3 is 1.73 bits per heavy atom. The summed E-state index contributed by atoms with van der Waals surface area (Å²) in [6.45, 7) is 4.79. The molecule has 4 N–H and O–H groups in total. The lowest BCUT2D eigenvalue weighted by Crippen LogP contribution is -2.40. The molecule has 0 spiro atoms. The van der Waals surface area contributed by atoms with Crippen LogP contribution in [-0.2, 0) is 25.5 Å². The molecular weight excluding hydrogens is 664 g/mol. The summed E-state index contributed by atoms with van der Waals surface area (Å²) in [5.74, 6) is 2.33. The number of nitrogens with two attached hydrogens (primary N) is 1. The van der Waals surface area contributed by atoms with Gasteiger partial charge in [-0.15, -0.1) is 0 Å². The number of rotatable bonds is 12. The Morgan fingerprint density at radius 1 is 0.692 bits per heavy atom. The summed E-state index contributed by atoms with van der Waals surface area (Å²) in [4.78, 5) is 22.3. The first kappa shape index (κ1) is 39.7. The fourth-order valence-electron chi connectivity index (χ4n) is 7.17. The van der Waals surface area contributed by atoms with Crippen molar-refractivity contribution in [1.29, 1.82) is 0 Å². The molecule has 11 heteroatoms. The van der Waals surface area contributed by atoms with Gasteiger partial charge in [0.25, 0.3) is 0 Å². The third kappa shape index (κ3) is 12.8. The molecule has 2 saturated carbocycles. The number of unbranched alkanes of at least 4 members (excludes halogenated alkanes) is 2. The number of carbonyl (C=O) groups is 2. The van der Waals surface area contributed by atoms with Crippen LogP contribution in [0.2, 0.25) is 0 Å². The number of carboxylic acid groups (broad SMARTS) is 1. The molecule has 4 fully saturated rings. The third-order valence-electron chi connectivity index (χ3n) is 10.3. The lowest BCUT2D eigenvalue weighted by Gasteiger charge is -2.30. The smallest absolute Gasteiger partial charge is 0.335 e. The number of fused-ring (bicyclic) bond motifs is 2. The predicted octanol–water partition coefficient (Wildman–Crippen LogP) is 7.75. The zero-order valence-electron chi connectivity index (χ0n) is 31.2. The monoisotopic (exact) mass is 724 g/mol. The van der Waals surface area contributed by atoms with E-state index in [9.17, 15) is 9.59 Å². The number of hydrogen-bond acceptors (Lipinski definition) is 10. The maximum Gasteiger partial charge on any atom is 0.335 e. The first-order valence-electron chi connectivity index (χ1n) is 19.7. The number of aliphatic carboxylic acids is 1. The van der Waals surface area contributed by atoms with E-state index in [2.05, 4.69) is 19.2 Å². The van der Waals surface area contributed by atoms with Gasteiger partial charge in [0.05, 0.1) is 12.2 Å². The van der Waals surface area contributed by atoms with Gasteiger partial charge in [0.2, 0.25) is 13.6 Å². The van der Waals surface area contributed by atoms with Crippen LogP contribution < -0.4 is 30.0 Å². The number of ether oxygens (including phenoxy) is 6. The molecule has 4 atom stereocenters. The molecular formula is C41H60N2O9. The van der Waals surface area contributed by atoms with Crippen molar-refractivity contribution in [3.63, 3.8) is 0 Å². The normalized spacial score (nSPS) is 23.9. The lowest BCUT2D eigenvalue weighted by molar-refractivity contribution is -0.138. The van der Waals surface area contributed by atoms with Crippen molar-refractivity contribution in [2.75, 3.05) is 19.3 Å². The van der Waals surface area contributed by atoms with Crippen molar-refractivity contribution in [1.82, 2.24) is 5.32 Å². The molecule has 2 aliphatic carbocycles. The predicted molar refractivity (Wildman–Crippen MR) is 199 cm³/mol. The summed E-state index contributed by atoms with van der Waals surface area (Å²) in [5.41, 5.74) is 7.15. The lowest BCUT2D eigenvalue weighted by atomic mass is 9.91. The van der Waals surface area contributed by atoms with Gasteiger partial charge >= 0.3 is 5.97 Å². The van der Waals surface area contributed by atoms with E-state index in [1.807, 2.05) is 18.2 Å². The van der Waals surface area contributed by atoms with Crippen LogP contribution in [0, 0.1) is 0 Å². The van der Waals surface area contributed by atoms with Crippen LogP contribution in [0.5, 0.6) is 23.0 Å². The van der Waals surface area contributed by atoms with Gasteiger partial charge in [-0.25, -0.2) is 4.79 Å². The molecule has 288 valence electrons. The third-order valence-corrected chi connectivity index (χ3v) is 10.3. The minimum atomic E-state index is -0.818. The second-order valence-electron chi connectivity index (χ2n) is 14.6. The van der Waals surface area contributed by atoms with Crippen molar-refractivity contribution >= 4 is 17.4 Å². The van der Waals surface area contributed by atoms with E-state index in [1.54, 1.807) is 18.2 Å². The van der Waals surface area contributed by atoms with E-state index in [-0.39, 0.29) is 30.9 Å². The van der Waals surface area contributed by atoms with Crippen molar-refractivity contribution in [3.05, 3.63) is 42.0 Å². The molecule has 6 aliphatic rings. The van der Waals surface area contributed by atoms with Crippen LogP contribution in [0.25, 0.3) is 0 Å². The van der Waals surface area contributed by atoms with E-state index >= 15 is 0 Å². The molecule has 4 aliphatic heterocycles. The maximum absolute atomic E-state index is 12.1. The van der Waals surface area contributed by atoms with E-state index in [4.69, 9.17) is 39.3 Å². The molecule has 0 amide bonds. The van der Waals surface area contributed by atoms with E-state index in [0.29, 0.717) is 18.9 Å². The maximum atomic E-state index is 12.1. The summed E-state index contributed by atoms with van der Waals surface area (Å²) >= 11 is 0. The van der Waals surface area contributed by atoms with E-state index in [0.717, 1.165) is 79.2 Å². The second kappa shape index (κ2) is 20.6. The van der Waals surface area contributed by atoms with Crippen LogP contribution in [0.3, 0.4) is 0 Å². The number of hydrogen-bond donors (Lipinski definition) is 3. The first-order chi connectivity index (χ1) is 25.3. The Bertz CT molecular complexity index is 1390. The van der Waals surface area contributed by atoms with Gasteiger partial charge in [0, 0.05) is 30.3 Å². The Kier molecular flexibility index (Phi) is 15.7. The summed E-state index contributed by atoms with van der Waals surface area (Å²) in [7, 11) is 0. The minimum absolute atomic E-state index is 0.0115. The van der Waals surface area contributed by atoms with E-state index < -0.39 is 12.1 Å². The highest BCUT2D eigenvalue weighted by Crippen LogP contribution is 2.35. The van der Waals surface area contributed by atoms with Crippen LogP contribution in [0.4, 0.5) is 5.69 Å². The standard InChI is InChI=1S/C15H18O4.C12H23N.C7H7NO2.C7H12O3/c1-2-3-4-13-15(19-13)11(16)7-10-5-6-12-14(8-10)18-9-17-12;1-3-7-11(8-4-1)13-12-9-5-2-6-10-12;8-5-1-2-6-7(3-5)10-4-9-6;1-2-3-4-5-6(10-5)7(8)9/h5-6,8,13,15H,2-4,7,9H2,1H3;11-13H,1-10H2;1-3H,4,8H2;5-6H,2-4H2,1H3,(H,8,9)/t13-,15-;;;5-,6+/m1..1/s1. The van der Waals surface area contributed by atoms with Gasteiger partial charge < -0.3 is 44.6 Å². The van der Waals surface area contributed by atoms with Gasteiger partial charge in [0.15, 0.2) is 34.9 Å². The Balaban J connectivity index is 0.000000140. The number of carbonyl (C=O) groups excluding carboxylic acids is 1. The number of nitrogen functional groups attached to an aromatic ring is 1. The number of carboxylic acids is 1. The quantitative estimate of drug-likeness (QED) is 0.145. The molecule has 52 heavy (non-hydrogen) atoms. The average molecular weight is 725 g/mol. The highest BCUT2D eigenvalue weighted by Gasteiger charge is 2.44. The van der Waals surface area contributed by atoms with Gasteiger partial charge in [-0.3, -0.25) is 4.79 Å².